The Kier molecular flexibility index (Phi) is 3.58. The number of nitrogens with zero attached hydrogens (tertiary/aromatic N) is 1. The summed E-state index contributed by atoms with van der Waals surface area (Å²) in [7, 11) is 0. The summed E-state index contributed by atoms with van der Waals surface area (Å²) in [4.78, 5) is 12.5. The fraction of sp³-hybridized carbons (Fsp3) is 0.917. The molecule has 1 N–H and O–H groups in total. The van der Waals surface area contributed by atoms with E-state index < -0.39 is 12.1 Å². The number of piperidine rings is 1. The van der Waals surface area contributed by atoms with Gasteiger partial charge in [-0.1, -0.05) is 6.92 Å². The first-order valence-corrected chi connectivity index (χ1v) is 6.40. The van der Waals surface area contributed by atoms with Crippen LogP contribution < -0.4 is 5.32 Å². The number of halogens is 3. The number of hydrogen-bond donors (Lipinski definition) is 1. The smallest absolute Gasteiger partial charge is 0.331 e. The molecule has 1 heterocycles. The standard InChI is InChI=1S/C12H19F3N2O/c1-11(4-6-16-7-5-11)8-17(9-2-3-9)10(18)12(13,14)15/h9,16H,2-8H2,1H3. The van der Waals surface area contributed by atoms with Crippen LogP contribution in [0.1, 0.15) is 32.6 Å². The highest BCUT2D eigenvalue weighted by atomic mass is 19.4. The minimum absolute atomic E-state index is 0.186. The molecule has 1 saturated heterocycles. The minimum Gasteiger partial charge on any atom is -0.331 e. The van der Waals surface area contributed by atoms with Gasteiger partial charge in [0.1, 0.15) is 0 Å². The lowest BCUT2D eigenvalue weighted by Crippen LogP contribution is -2.49. The van der Waals surface area contributed by atoms with Crippen molar-refractivity contribution in [3.05, 3.63) is 0 Å². The highest BCUT2D eigenvalue weighted by molar-refractivity contribution is 5.82. The molecule has 0 aromatic heterocycles. The van der Waals surface area contributed by atoms with Gasteiger partial charge in [0.2, 0.25) is 0 Å². The Balaban J connectivity index is 2.04. The molecule has 18 heavy (non-hydrogen) atoms. The van der Waals surface area contributed by atoms with Crippen molar-refractivity contribution in [1.82, 2.24) is 10.2 Å². The van der Waals surface area contributed by atoms with Gasteiger partial charge in [0, 0.05) is 12.6 Å². The van der Waals surface area contributed by atoms with E-state index in [1.165, 1.54) is 0 Å². The van der Waals surface area contributed by atoms with Crippen LogP contribution in [0, 0.1) is 5.41 Å². The van der Waals surface area contributed by atoms with Crippen LogP contribution in [0.25, 0.3) is 0 Å². The molecule has 0 bridgehead atoms. The summed E-state index contributed by atoms with van der Waals surface area (Å²) >= 11 is 0. The molecule has 0 unspecified atom stereocenters. The van der Waals surface area contributed by atoms with Gasteiger partial charge in [0.25, 0.3) is 0 Å². The summed E-state index contributed by atoms with van der Waals surface area (Å²) < 4.78 is 37.7. The van der Waals surface area contributed by atoms with Gasteiger partial charge in [-0.05, 0) is 44.2 Å². The van der Waals surface area contributed by atoms with Gasteiger partial charge >= 0.3 is 12.1 Å². The predicted octanol–water partition coefficient (Wildman–Crippen LogP) is 1.93. The number of amides is 1. The molecule has 2 fully saturated rings. The lowest BCUT2D eigenvalue weighted by molar-refractivity contribution is -0.187. The van der Waals surface area contributed by atoms with Crippen molar-refractivity contribution in [2.45, 2.75) is 44.8 Å². The molecule has 0 aromatic carbocycles. The molecule has 1 saturated carbocycles. The minimum atomic E-state index is -4.74. The molecular weight excluding hydrogens is 245 g/mol. The van der Waals surface area contributed by atoms with E-state index in [2.05, 4.69) is 5.32 Å². The zero-order valence-electron chi connectivity index (χ0n) is 10.5. The summed E-state index contributed by atoms with van der Waals surface area (Å²) in [6.07, 6.45) is -1.69. The number of alkyl halides is 3. The molecule has 0 spiro atoms. The van der Waals surface area contributed by atoms with Gasteiger partial charge in [-0.15, -0.1) is 0 Å². The van der Waals surface area contributed by atoms with E-state index in [4.69, 9.17) is 0 Å². The van der Waals surface area contributed by atoms with Gasteiger partial charge in [-0.2, -0.15) is 13.2 Å². The van der Waals surface area contributed by atoms with Gasteiger partial charge < -0.3 is 10.2 Å². The van der Waals surface area contributed by atoms with Crippen molar-refractivity contribution >= 4 is 5.91 Å². The highest BCUT2D eigenvalue weighted by Gasteiger charge is 2.48. The fourth-order valence-electron chi connectivity index (χ4n) is 2.52. The quantitative estimate of drug-likeness (QED) is 0.844. The number of carbonyl (C=O) groups excluding carboxylic acids is 1. The average molecular weight is 264 g/mol. The Morgan fingerprint density at radius 3 is 2.33 bits per heavy atom. The third kappa shape index (κ3) is 3.16. The Labute approximate surface area is 105 Å². The second kappa shape index (κ2) is 4.72. The molecule has 104 valence electrons. The number of rotatable bonds is 3. The van der Waals surface area contributed by atoms with E-state index >= 15 is 0 Å². The molecule has 0 atom stereocenters. The van der Waals surface area contributed by atoms with Crippen molar-refractivity contribution in [2.75, 3.05) is 19.6 Å². The third-order valence-electron chi connectivity index (χ3n) is 3.85. The van der Waals surface area contributed by atoms with Crippen molar-refractivity contribution in [3.63, 3.8) is 0 Å². The third-order valence-corrected chi connectivity index (χ3v) is 3.85. The maximum atomic E-state index is 12.6. The molecule has 0 radical (unpaired) electrons. The van der Waals surface area contributed by atoms with E-state index in [0.717, 1.165) is 30.8 Å². The van der Waals surface area contributed by atoms with Crippen molar-refractivity contribution in [3.8, 4) is 0 Å². The lowest BCUT2D eigenvalue weighted by Gasteiger charge is -2.39. The molecule has 2 rings (SSSR count). The van der Waals surface area contributed by atoms with Gasteiger partial charge in [0.15, 0.2) is 0 Å². The summed E-state index contributed by atoms with van der Waals surface area (Å²) in [5, 5.41) is 3.19. The molecule has 2 aliphatic rings. The normalized spacial score (nSPS) is 23.8. The predicted molar refractivity (Wildman–Crippen MR) is 61.0 cm³/mol. The number of carbonyl (C=O) groups is 1. The Hall–Kier alpha value is -0.780. The highest BCUT2D eigenvalue weighted by Crippen LogP contribution is 2.36. The molecule has 0 aromatic rings. The first kappa shape index (κ1) is 13.6. The Bertz CT molecular complexity index is 320. The molecule has 6 heteroatoms. The first-order valence-electron chi connectivity index (χ1n) is 6.40. The van der Waals surface area contributed by atoms with Crippen LogP contribution in [0.2, 0.25) is 0 Å². The topological polar surface area (TPSA) is 32.3 Å². The zero-order chi connectivity index (χ0) is 13.4. The van der Waals surface area contributed by atoms with Crippen LogP contribution >= 0.6 is 0 Å². The molecule has 3 nitrogen and oxygen atoms in total. The second-order valence-electron chi connectivity index (χ2n) is 5.72. The zero-order valence-corrected chi connectivity index (χ0v) is 10.5. The summed E-state index contributed by atoms with van der Waals surface area (Å²) in [6.45, 7) is 3.84. The Morgan fingerprint density at radius 1 is 1.33 bits per heavy atom. The first-order chi connectivity index (χ1) is 8.32. The van der Waals surface area contributed by atoms with E-state index in [0.29, 0.717) is 12.8 Å². The largest absolute Gasteiger partial charge is 0.471 e. The van der Waals surface area contributed by atoms with Crippen molar-refractivity contribution < 1.29 is 18.0 Å². The maximum Gasteiger partial charge on any atom is 0.471 e. The van der Waals surface area contributed by atoms with Crippen LogP contribution in [0.5, 0.6) is 0 Å². The van der Waals surface area contributed by atoms with Crippen LogP contribution in [-0.2, 0) is 4.79 Å². The fourth-order valence-corrected chi connectivity index (χ4v) is 2.52. The van der Waals surface area contributed by atoms with E-state index in [1.807, 2.05) is 6.92 Å². The van der Waals surface area contributed by atoms with Crippen LogP contribution in [0.3, 0.4) is 0 Å². The Morgan fingerprint density at radius 2 is 1.89 bits per heavy atom. The van der Waals surface area contributed by atoms with Gasteiger partial charge in [0.05, 0.1) is 0 Å². The van der Waals surface area contributed by atoms with Crippen LogP contribution in [0.4, 0.5) is 13.2 Å². The van der Waals surface area contributed by atoms with Crippen molar-refractivity contribution in [2.24, 2.45) is 5.41 Å². The monoisotopic (exact) mass is 264 g/mol. The number of nitrogens with one attached hydrogen (secondary N) is 1. The van der Waals surface area contributed by atoms with Crippen molar-refractivity contribution in [1.29, 1.82) is 0 Å². The summed E-state index contributed by atoms with van der Waals surface area (Å²) in [5.41, 5.74) is -0.186. The molecule has 1 amide bonds. The number of hydrogen-bond acceptors (Lipinski definition) is 2. The van der Waals surface area contributed by atoms with E-state index in [-0.39, 0.29) is 18.0 Å². The molecule has 1 aliphatic heterocycles. The summed E-state index contributed by atoms with van der Waals surface area (Å²) in [5.74, 6) is -1.66. The summed E-state index contributed by atoms with van der Waals surface area (Å²) in [6, 6.07) is -0.189. The van der Waals surface area contributed by atoms with Crippen LogP contribution in [0.15, 0.2) is 0 Å². The van der Waals surface area contributed by atoms with E-state index in [1.54, 1.807) is 0 Å². The maximum absolute atomic E-state index is 12.6. The van der Waals surface area contributed by atoms with Gasteiger partial charge in [-0.3, -0.25) is 4.79 Å². The van der Waals surface area contributed by atoms with E-state index in [9.17, 15) is 18.0 Å². The molecular formula is C12H19F3N2O. The lowest BCUT2D eigenvalue weighted by atomic mass is 9.80. The van der Waals surface area contributed by atoms with Gasteiger partial charge in [-0.25, -0.2) is 0 Å². The SMILES string of the molecule is CC1(CN(C(=O)C(F)(F)F)C2CC2)CCNCC1. The van der Waals surface area contributed by atoms with Crippen LogP contribution in [-0.4, -0.2) is 42.7 Å². The second-order valence-corrected chi connectivity index (χ2v) is 5.72. The average Bonchev–Trinajstić information content (AvgIpc) is 3.08. The molecule has 1 aliphatic carbocycles.